The van der Waals surface area contributed by atoms with Crippen LogP contribution in [0.3, 0.4) is 0 Å². The molecule has 4 nitrogen and oxygen atoms in total. The monoisotopic (exact) mass is 318 g/mol. The third-order valence-electron chi connectivity index (χ3n) is 4.17. The van der Waals surface area contributed by atoms with Crippen molar-refractivity contribution < 1.29 is 17.2 Å². The summed E-state index contributed by atoms with van der Waals surface area (Å²) < 4.78 is 52.8. The second-order valence-electron chi connectivity index (χ2n) is 5.39. The zero-order chi connectivity index (χ0) is 15.6. The lowest BCUT2D eigenvalue weighted by atomic mass is 9.91. The first-order chi connectivity index (χ1) is 9.86. The number of rotatable bonds is 4. The third-order valence-corrected chi connectivity index (χ3v) is 6.11. The van der Waals surface area contributed by atoms with E-state index in [1.54, 1.807) is 0 Å². The van der Waals surface area contributed by atoms with Crippen LogP contribution < -0.4 is 5.32 Å². The van der Waals surface area contributed by atoms with Crippen molar-refractivity contribution in [2.45, 2.75) is 42.7 Å². The Morgan fingerprint density at radius 3 is 2.33 bits per heavy atom. The molecule has 0 radical (unpaired) electrons. The van der Waals surface area contributed by atoms with E-state index in [4.69, 9.17) is 0 Å². The maximum absolute atomic E-state index is 13.7. The maximum atomic E-state index is 13.7. The molecule has 1 saturated carbocycles. The summed E-state index contributed by atoms with van der Waals surface area (Å²) in [5.41, 5.74) is 0. The lowest BCUT2D eigenvalue weighted by Crippen LogP contribution is -2.42. The Labute approximate surface area is 124 Å². The molecule has 1 aliphatic rings. The molecule has 0 aliphatic heterocycles. The van der Waals surface area contributed by atoms with Crippen LogP contribution in [0.15, 0.2) is 23.1 Å². The largest absolute Gasteiger partial charge is 0.317 e. The second-order valence-corrected chi connectivity index (χ2v) is 7.36. The number of nitrogens with one attached hydrogen (secondary N) is 1. The van der Waals surface area contributed by atoms with Gasteiger partial charge >= 0.3 is 0 Å². The fourth-order valence-electron chi connectivity index (χ4n) is 2.76. The molecule has 1 N–H and O–H groups in total. The SMILES string of the molecule is CNC1CCC(N(C)S(=O)(=O)c2ccc(F)cc2F)CC1. The Hall–Kier alpha value is -1.05. The van der Waals surface area contributed by atoms with Crippen molar-refractivity contribution in [2.24, 2.45) is 0 Å². The minimum absolute atomic E-state index is 0.149. The highest BCUT2D eigenvalue weighted by atomic mass is 32.2. The van der Waals surface area contributed by atoms with Crippen LogP contribution in [0.25, 0.3) is 0 Å². The van der Waals surface area contributed by atoms with Crippen molar-refractivity contribution in [3.8, 4) is 0 Å². The average Bonchev–Trinajstić information content (AvgIpc) is 2.46. The highest BCUT2D eigenvalue weighted by molar-refractivity contribution is 7.89. The summed E-state index contributed by atoms with van der Waals surface area (Å²) in [6.45, 7) is 0. The predicted octanol–water partition coefficient (Wildman–Crippen LogP) is 2.12. The van der Waals surface area contributed by atoms with Gasteiger partial charge in [-0.1, -0.05) is 0 Å². The first-order valence-corrected chi connectivity index (χ1v) is 8.40. The van der Waals surface area contributed by atoms with E-state index in [2.05, 4.69) is 5.32 Å². The van der Waals surface area contributed by atoms with E-state index in [1.165, 1.54) is 11.4 Å². The number of nitrogens with zero attached hydrogens (tertiary/aromatic N) is 1. The second kappa shape index (κ2) is 6.37. The summed E-state index contributed by atoms with van der Waals surface area (Å²) >= 11 is 0. The van der Waals surface area contributed by atoms with E-state index in [9.17, 15) is 17.2 Å². The minimum Gasteiger partial charge on any atom is -0.317 e. The van der Waals surface area contributed by atoms with Gasteiger partial charge in [-0.15, -0.1) is 0 Å². The van der Waals surface area contributed by atoms with Crippen molar-refractivity contribution in [2.75, 3.05) is 14.1 Å². The number of hydrogen-bond donors (Lipinski definition) is 1. The molecule has 0 unspecified atom stereocenters. The van der Waals surface area contributed by atoms with E-state index in [0.29, 0.717) is 12.1 Å². The Kier molecular flexibility index (Phi) is 4.95. The van der Waals surface area contributed by atoms with Crippen LogP contribution in [0.4, 0.5) is 8.78 Å². The van der Waals surface area contributed by atoms with Crippen LogP contribution in [0.5, 0.6) is 0 Å². The predicted molar refractivity (Wildman–Crippen MR) is 76.4 cm³/mol. The molecule has 0 saturated heterocycles. The summed E-state index contributed by atoms with van der Waals surface area (Å²) in [5, 5.41) is 3.18. The van der Waals surface area contributed by atoms with E-state index in [0.717, 1.165) is 37.8 Å². The number of halogens is 2. The fourth-order valence-corrected chi connectivity index (χ4v) is 4.22. The molecule has 2 rings (SSSR count). The molecule has 1 aliphatic carbocycles. The Morgan fingerprint density at radius 1 is 1.19 bits per heavy atom. The van der Waals surface area contributed by atoms with Gasteiger partial charge in [-0.05, 0) is 44.9 Å². The third kappa shape index (κ3) is 3.41. The minimum atomic E-state index is -3.94. The first kappa shape index (κ1) is 16.3. The molecule has 1 aromatic rings. The summed E-state index contributed by atoms with van der Waals surface area (Å²) in [6.07, 6.45) is 3.22. The van der Waals surface area contributed by atoms with Crippen LogP contribution in [0, 0.1) is 11.6 Å². The molecular formula is C14H20F2N2O2S. The van der Waals surface area contributed by atoms with Gasteiger partial charge in [-0.25, -0.2) is 17.2 Å². The summed E-state index contributed by atoms with van der Waals surface area (Å²) in [6, 6.07) is 2.79. The molecule has 0 aromatic heterocycles. The van der Waals surface area contributed by atoms with Crippen molar-refractivity contribution in [3.05, 3.63) is 29.8 Å². The van der Waals surface area contributed by atoms with Crippen LogP contribution in [0.1, 0.15) is 25.7 Å². The van der Waals surface area contributed by atoms with Crippen molar-refractivity contribution in [1.82, 2.24) is 9.62 Å². The number of benzene rings is 1. The Balaban J connectivity index is 2.19. The number of hydrogen-bond acceptors (Lipinski definition) is 3. The molecule has 1 fully saturated rings. The van der Waals surface area contributed by atoms with Gasteiger partial charge in [0, 0.05) is 25.2 Å². The van der Waals surface area contributed by atoms with E-state index in [-0.39, 0.29) is 6.04 Å². The first-order valence-electron chi connectivity index (χ1n) is 6.96. The number of sulfonamides is 1. The van der Waals surface area contributed by atoms with Crippen LogP contribution in [-0.2, 0) is 10.0 Å². The van der Waals surface area contributed by atoms with Crippen molar-refractivity contribution in [1.29, 1.82) is 0 Å². The van der Waals surface area contributed by atoms with E-state index < -0.39 is 26.6 Å². The van der Waals surface area contributed by atoms with Crippen molar-refractivity contribution >= 4 is 10.0 Å². The normalized spacial score (nSPS) is 23.5. The molecule has 118 valence electrons. The van der Waals surface area contributed by atoms with E-state index >= 15 is 0 Å². The fraction of sp³-hybridized carbons (Fsp3) is 0.571. The van der Waals surface area contributed by atoms with Gasteiger partial charge in [0.1, 0.15) is 16.5 Å². The van der Waals surface area contributed by atoms with Crippen LogP contribution in [0.2, 0.25) is 0 Å². The van der Waals surface area contributed by atoms with Gasteiger partial charge in [0.05, 0.1) is 0 Å². The zero-order valence-electron chi connectivity index (χ0n) is 12.1. The van der Waals surface area contributed by atoms with Gasteiger partial charge in [0.15, 0.2) is 0 Å². The van der Waals surface area contributed by atoms with Crippen molar-refractivity contribution in [3.63, 3.8) is 0 Å². The average molecular weight is 318 g/mol. The highest BCUT2D eigenvalue weighted by Gasteiger charge is 2.32. The smallest absolute Gasteiger partial charge is 0.245 e. The quantitative estimate of drug-likeness (QED) is 0.925. The summed E-state index contributed by atoms with van der Waals surface area (Å²) in [4.78, 5) is -0.470. The van der Waals surface area contributed by atoms with Crippen LogP contribution >= 0.6 is 0 Å². The highest BCUT2D eigenvalue weighted by Crippen LogP contribution is 2.27. The molecule has 21 heavy (non-hydrogen) atoms. The zero-order valence-corrected chi connectivity index (χ0v) is 13.0. The summed E-state index contributed by atoms with van der Waals surface area (Å²) in [7, 11) is -0.590. The molecule has 7 heteroatoms. The molecule has 0 heterocycles. The molecular weight excluding hydrogens is 298 g/mol. The lowest BCUT2D eigenvalue weighted by molar-refractivity contribution is 0.254. The molecule has 0 bridgehead atoms. The molecule has 0 amide bonds. The molecule has 1 aromatic carbocycles. The van der Waals surface area contributed by atoms with Gasteiger partial charge < -0.3 is 5.32 Å². The Bertz CT molecular complexity index is 599. The van der Waals surface area contributed by atoms with Gasteiger partial charge in [0.25, 0.3) is 0 Å². The lowest BCUT2D eigenvalue weighted by Gasteiger charge is -2.33. The topological polar surface area (TPSA) is 49.4 Å². The van der Waals surface area contributed by atoms with Crippen LogP contribution in [-0.4, -0.2) is 38.9 Å². The standard InChI is InChI=1S/C14H20F2N2O2S/c1-17-11-4-6-12(7-5-11)18(2)21(19,20)14-8-3-10(15)9-13(14)16/h3,8-9,11-12,17H,4-7H2,1-2H3. The van der Waals surface area contributed by atoms with Gasteiger partial charge in [0.2, 0.25) is 10.0 Å². The molecule has 0 atom stereocenters. The summed E-state index contributed by atoms with van der Waals surface area (Å²) in [5.74, 6) is -1.84. The maximum Gasteiger partial charge on any atom is 0.245 e. The molecule has 0 spiro atoms. The van der Waals surface area contributed by atoms with E-state index in [1.807, 2.05) is 7.05 Å². The van der Waals surface area contributed by atoms with Gasteiger partial charge in [-0.3, -0.25) is 0 Å². The Morgan fingerprint density at radius 2 is 1.81 bits per heavy atom. The van der Waals surface area contributed by atoms with Gasteiger partial charge in [-0.2, -0.15) is 4.31 Å².